The lowest BCUT2D eigenvalue weighted by atomic mass is 9.92. The molecule has 0 radical (unpaired) electrons. The van der Waals surface area contributed by atoms with Gasteiger partial charge < -0.3 is 0 Å². The van der Waals surface area contributed by atoms with Gasteiger partial charge in [0.1, 0.15) is 0 Å². The molecule has 7 aromatic rings. The highest BCUT2D eigenvalue weighted by Crippen LogP contribution is 2.31. The van der Waals surface area contributed by atoms with Crippen molar-refractivity contribution in [3.63, 3.8) is 0 Å². The molecule has 0 aliphatic heterocycles. The summed E-state index contributed by atoms with van der Waals surface area (Å²) in [5.41, 5.74) is 9.64. The van der Waals surface area contributed by atoms with Crippen molar-refractivity contribution in [1.29, 1.82) is 4.78 Å². The maximum absolute atomic E-state index is 12.3. The molecule has 2 aromatic heterocycles. The van der Waals surface area contributed by atoms with Crippen molar-refractivity contribution in [2.45, 2.75) is 102 Å². The predicted octanol–water partition coefficient (Wildman–Crippen LogP) is 13.8. The average molecular weight is 1160 g/mol. The van der Waals surface area contributed by atoms with E-state index >= 15 is 0 Å². The second-order valence-corrected chi connectivity index (χ2v) is 31.0. The standard InChI is InChI=1S/3C12H17NOS.C11H12N2OS.C10H10N2OS.CH3FS/c3*1-13-15(2,14)12-9-5-7-10-6-3-4-8-11(10)12;1-12-15(2,14)11-7-3-6-10-9(11)5-4-8-13-10;1-14(11,13)10-6-2-5-9-8(10)4-3-7-12-9;1-3-2/h3*5,7,9H,3-4,6,8H2,1-2H3;3-8H,1-2H3;2-7,11H,1H3;1H3/t2*15-;;;;/m10..../s1. The predicted molar refractivity (Wildman–Crippen MR) is 325 cm³/mol. The molecule has 0 spiro atoms. The van der Waals surface area contributed by atoms with Crippen LogP contribution in [-0.2, 0) is 87.2 Å². The molecule has 3 aliphatic carbocycles. The number of hydrogen-bond acceptors (Lipinski definition) is 13. The molecule has 77 heavy (non-hydrogen) atoms. The Bertz CT molecular complexity index is 3590. The number of benzene rings is 5. The molecule has 2 heterocycles. The average Bonchev–Trinajstić information content (AvgIpc) is 3.45. The van der Waals surface area contributed by atoms with Gasteiger partial charge in [0.15, 0.2) is 0 Å². The Morgan fingerprint density at radius 3 is 1.01 bits per heavy atom. The van der Waals surface area contributed by atoms with Crippen molar-refractivity contribution in [3.8, 4) is 0 Å². The number of hydrogen-bond donors (Lipinski definition) is 1. The lowest BCUT2D eigenvalue weighted by Crippen LogP contribution is -2.09. The summed E-state index contributed by atoms with van der Waals surface area (Å²) in [6.45, 7) is 0. The highest BCUT2D eigenvalue weighted by Gasteiger charge is 2.20. The highest BCUT2D eigenvalue weighted by atomic mass is 32.2. The Morgan fingerprint density at radius 1 is 0.416 bits per heavy atom. The molecule has 5 atom stereocenters. The summed E-state index contributed by atoms with van der Waals surface area (Å²) in [6.07, 6.45) is 27.0. The number of rotatable bonds is 5. The summed E-state index contributed by atoms with van der Waals surface area (Å²) < 4.78 is 94.4. The maximum Gasteiger partial charge on any atom is 0.0727 e. The number of pyridine rings is 2. The van der Waals surface area contributed by atoms with Gasteiger partial charge >= 0.3 is 0 Å². The molecule has 5 aromatic carbocycles. The molecule has 0 fully saturated rings. The topological polar surface area (TPSA) is 184 Å². The second-order valence-electron chi connectivity index (χ2n) is 18.9. The molecule has 0 saturated heterocycles. The fourth-order valence-corrected chi connectivity index (χ4v) is 15.2. The number of aryl methyl sites for hydroxylation is 3. The second kappa shape index (κ2) is 28.7. The minimum atomic E-state index is -2.67. The van der Waals surface area contributed by atoms with Crippen molar-refractivity contribution in [2.75, 3.05) is 65.7 Å². The zero-order valence-corrected chi connectivity index (χ0v) is 51.1. The van der Waals surface area contributed by atoms with Crippen LogP contribution in [0.2, 0.25) is 0 Å². The number of nitrogens with one attached hydrogen (secondary N) is 1. The molecule has 416 valence electrons. The maximum atomic E-state index is 12.3. The lowest BCUT2D eigenvalue weighted by molar-refractivity contribution is 0.661. The molecule has 19 heteroatoms. The Labute approximate surface area is 464 Å². The van der Waals surface area contributed by atoms with Gasteiger partial charge in [0.05, 0.1) is 84.2 Å². The Morgan fingerprint density at radius 2 is 0.688 bits per heavy atom. The first-order valence-electron chi connectivity index (χ1n) is 25.4. The Balaban J connectivity index is 0.000000175. The van der Waals surface area contributed by atoms with Crippen LogP contribution < -0.4 is 0 Å². The number of halogens is 1. The van der Waals surface area contributed by atoms with Crippen LogP contribution in [-0.4, -0.2) is 96.7 Å². The van der Waals surface area contributed by atoms with Crippen molar-refractivity contribution in [2.24, 2.45) is 17.5 Å². The molecule has 12 nitrogen and oxygen atoms in total. The van der Waals surface area contributed by atoms with Crippen LogP contribution in [0, 0.1) is 4.78 Å². The van der Waals surface area contributed by atoms with Gasteiger partial charge in [-0.2, -0.15) is 3.89 Å². The van der Waals surface area contributed by atoms with Crippen LogP contribution in [0.15, 0.2) is 170 Å². The molecule has 0 saturated carbocycles. The monoisotopic (exact) mass is 1160 g/mol. The fourth-order valence-electron chi connectivity index (χ4n) is 9.52. The summed E-state index contributed by atoms with van der Waals surface area (Å²) in [6, 6.07) is 36.8. The van der Waals surface area contributed by atoms with Crippen molar-refractivity contribution >= 4 is 82.6 Å². The van der Waals surface area contributed by atoms with E-state index in [0.717, 1.165) is 79.9 Å². The summed E-state index contributed by atoms with van der Waals surface area (Å²) in [5.74, 6) is 0. The molecule has 0 amide bonds. The van der Waals surface area contributed by atoms with Crippen LogP contribution in [0.3, 0.4) is 0 Å². The van der Waals surface area contributed by atoms with Gasteiger partial charge in [0.25, 0.3) is 0 Å². The van der Waals surface area contributed by atoms with Gasteiger partial charge in [-0.1, -0.05) is 60.7 Å². The molecule has 3 unspecified atom stereocenters. The third-order valence-electron chi connectivity index (χ3n) is 13.7. The van der Waals surface area contributed by atoms with Gasteiger partial charge in [-0.3, -0.25) is 9.97 Å². The van der Waals surface area contributed by atoms with Gasteiger partial charge in [-0.15, -0.1) is 0 Å². The normalized spacial score (nSPS) is 17.0. The minimum Gasteiger partial charge on any atom is -0.256 e. The van der Waals surface area contributed by atoms with Crippen LogP contribution in [0.25, 0.3) is 21.8 Å². The largest absolute Gasteiger partial charge is 0.256 e. The number of fused-ring (bicyclic) bond motifs is 5. The molecular formula is C58H76FN7O5S6. The summed E-state index contributed by atoms with van der Waals surface area (Å²) in [7, 11) is -4.94. The smallest absolute Gasteiger partial charge is 0.0727 e. The quantitative estimate of drug-likeness (QED) is 0.176. The summed E-state index contributed by atoms with van der Waals surface area (Å²) in [5, 5.41) is 1.72. The first kappa shape index (κ1) is 62.8. The van der Waals surface area contributed by atoms with Gasteiger partial charge in [-0.05, 0) is 165 Å². The van der Waals surface area contributed by atoms with Crippen molar-refractivity contribution in [1.82, 2.24) is 9.97 Å². The van der Waals surface area contributed by atoms with Gasteiger partial charge in [0.2, 0.25) is 0 Å². The summed E-state index contributed by atoms with van der Waals surface area (Å²) in [4.78, 5) is 12.6. The molecular weight excluding hydrogens is 1090 g/mol. The molecule has 3 aliphatic rings. The minimum absolute atomic E-state index is 0.250. The zero-order chi connectivity index (χ0) is 56.4. The van der Waals surface area contributed by atoms with Gasteiger partial charge in [-0.25, -0.2) is 43.3 Å². The first-order chi connectivity index (χ1) is 36.6. The third kappa shape index (κ3) is 16.7. The van der Waals surface area contributed by atoms with Crippen LogP contribution in [0.5, 0.6) is 0 Å². The Kier molecular flexibility index (Phi) is 23.4. The van der Waals surface area contributed by atoms with E-state index in [0.29, 0.717) is 4.90 Å². The van der Waals surface area contributed by atoms with Gasteiger partial charge in [0, 0.05) is 101 Å². The van der Waals surface area contributed by atoms with Crippen molar-refractivity contribution in [3.05, 3.63) is 161 Å². The van der Waals surface area contributed by atoms with E-state index in [1.165, 1.54) is 84.4 Å². The van der Waals surface area contributed by atoms with Crippen LogP contribution in [0.4, 0.5) is 3.89 Å². The number of aromatic nitrogens is 2. The first-order valence-corrected chi connectivity index (χ1v) is 36.2. The van der Waals surface area contributed by atoms with Crippen LogP contribution >= 0.6 is 12.1 Å². The van der Waals surface area contributed by atoms with E-state index in [4.69, 9.17) is 4.78 Å². The third-order valence-corrected chi connectivity index (χ3v) is 22.5. The fraction of sp³-hybridized carbons (Fsp3) is 0.379. The van der Waals surface area contributed by atoms with E-state index in [9.17, 15) is 24.9 Å². The Hall–Kier alpha value is -5.05. The molecule has 10 rings (SSSR count). The number of nitrogens with zero attached hydrogens (tertiary/aromatic N) is 6. The molecule has 1 N–H and O–H groups in total. The van der Waals surface area contributed by atoms with E-state index in [2.05, 4.69) is 45.6 Å². The molecule has 0 bridgehead atoms. The highest BCUT2D eigenvalue weighted by molar-refractivity contribution is 7.94. The van der Waals surface area contributed by atoms with E-state index in [1.807, 2.05) is 78.9 Å². The lowest BCUT2D eigenvalue weighted by Gasteiger charge is -2.19. The van der Waals surface area contributed by atoms with Crippen LogP contribution in [0.1, 0.15) is 71.9 Å². The van der Waals surface area contributed by atoms with E-state index in [1.54, 1.807) is 83.8 Å². The zero-order valence-electron chi connectivity index (χ0n) is 46.2. The van der Waals surface area contributed by atoms with E-state index in [-0.39, 0.29) is 12.1 Å². The summed E-state index contributed by atoms with van der Waals surface area (Å²) >= 11 is 0.250. The SMILES string of the molecule is CN=S(C)(=O)c1cccc2c1CCCC2.CN=S(C)(=O)c1cccc2ncccc12.CN=[S@@](C)(=O)c1cccc2c1CCCC2.CN=[S@](C)(=O)c1cccc2c1CCCC2.CS(=N)(=O)c1cccc2ncccc12.CSF. The van der Waals surface area contributed by atoms with Crippen molar-refractivity contribution < 1.29 is 24.9 Å². The van der Waals surface area contributed by atoms with E-state index < -0.39 is 48.6 Å².